The van der Waals surface area contributed by atoms with Gasteiger partial charge in [0.15, 0.2) is 5.70 Å². The fraction of sp³-hybridized carbons (Fsp3) is 0.0588. The van der Waals surface area contributed by atoms with E-state index in [-0.39, 0.29) is 11.6 Å². The number of carbonyl (C=O) groups excluding carboxylic acids is 1. The maximum Gasteiger partial charge on any atom is 0.363 e. The molecular weight excluding hydrogens is 373 g/mol. The molecule has 2 aromatic carbocycles. The molecule has 2 aromatic rings. The van der Waals surface area contributed by atoms with Crippen molar-refractivity contribution in [3.05, 3.63) is 68.3 Å². The van der Waals surface area contributed by atoms with Crippen LogP contribution < -0.4 is 4.74 Å². The standard InChI is InChI=1S/C17H10Cl3NO3/c1-23-10-5-6-11(13(19)8-10)16-21-14(17(22)24-16)7-9-3-2-4-12(18)15(9)20/h2-8H,1H3/b14-7+. The molecule has 0 atom stereocenters. The average Bonchev–Trinajstić information content (AvgIpc) is 2.92. The van der Waals surface area contributed by atoms with Crippen molar-refractivity contribution in [2.45, 2.75) is 0 Å². The monoisotopic (exact) mass is 381 g/mol. The smallest absolute Gasteiger partial charge is 0.363 e. The Labute approximate surface area is 153 Å². The van der Waals surface area contributed by atoms with Gasteiger partial charge >= 0.3 is 5.97 Å². The highest BCUT2D eigenvalue weighted by Gasteiger charge is 2.26. The summed E-state index contributed by atoms with van der Waals surface area (Å²) < 4.78 is 10.3. The van der Waals surface area contributed by atoms with Crippen LogP contribution >= 0.6 is 34.8 Å². The molecule has 0 radical (unpaired) electrons. The normalized spacial score (nSPS) is 15.4. The van der Waals surface area contributed by atoms with Gasteiger partial charge in [-0.2, -0.15) is 0 Å². The van der Waals surface area contributed by atoms with E-state index < -0.39 is 5.97 Å². The molecule has 0 aliphatic carbocycles. The summed E-state index contributed by atoms with van der Waals surface area (Å²) in [4.78, 5) is 16.2. The van der Waals surface area contributed by atoms with E-state index in [1.807, 2.05) is 0 Å². The number of benzene rings is 2. The summed E-state index contributed by atoms with van der Waals surface area (Å²) in [5, 5.41) is 1.09. The molecule has 1 aliphatic heterocycles. The number of rotatable bonds is 3. The van der Waals surface area contributed by atoms with E-state index in [1.54, 1.807) is 36.4 Å². The van der Waals surface area contributed by atoms with Gasteiger partial charge in [0.1, 0.15) is 5.75 Å². The molecule has 4 nitrogen and oxygen atoms in total. The first-order valence-corrected chi connectivity index (χ1v) is 7.93. The molecule has 0 N–H and O–H groups in total. The highest BCUT2D eigenvalue weighted by Crippen LogP contribution is 2.30. The minimum Gasteiger partial charge on any atom is -0.497 e. The van der Waals surface area contributed by atoms with Crippen LogP contribution in [0.2, 0.25) is 15.1 Å². The highest BCUT2D eigenvalue weighted by molar-refractivity contribution is 6.43. The zero-order valence-corrected chi connectivity index (χ0v) is 14.6. The fourth-order valence-corrected chi connectivity index (χ4v) is 2.71. The fourth-order valence-electron chi connectivity index (χ4n) is 2.10. The number of hydrogen-bond acceptors (Lipinski definition) is 4. The Hall–Kier alpha value is -2.01. The number of ether oxygens (including phenoxy) is 2. The van der Waals surface area contributed by atoms with Crippen LogP contribution in [0, 0.1) is 0 Å². The zero-order valence-electron chi connectivity index (χ0n) is 12.3. The number of aliphatic imine (C=N–C) groups is 1. The number of methoxy groups -OCH3 is 1. The maximum atomic E-state index is 12.0. The van der Waals surface area contributed by atoms with Gasteiger partial charge in [0.05, 0.1) is 27.7 Å². The SMILES string of the molecule is COc1ccc(C2=N/C(=C/c3cccc(Cl)c3Cl)C(=O)O2)c(Cl)c1. The molecule has 3 rings (SSSR count). The van der Waals surface area contributed by atoms with E-state index in [0.717, 1.165) is 0 Å². The summed E-state index contributed by atoms with van der Waals surface area (Å²) in [5.74, 6) is 0.125. The molecule has 122 valence electrons. The minimum atomic E-state index is -0.590. The van der Waals surface area contributed by atoms with Crippen molar-refractivity contribution in [1.29, 1.82) is 0 Å². The van der Waals surface area contributed by atoms with Gasteiger partial charge in [0.2, 0.25) is 5.90 Å². The second kappa shape index (κ2) is 6.85. The van der Waals surface area contributed by atoms with Crippen LogP contribution in [0.3, 0.4) is 0 Å². The Morgan fingerprint density at radius 1 is 1.12 bits per heavy atom. The summed E-state index contributed by atoms with van der Waals surface area (Å²) in [7, 11) is 1.54. The Morgan fingerprint density at radius 2 is 1.92 bits per heavy atom. The van der Waals surface area contributed by atoms with Crippen LogP contribution in [-0.4, -0.2) is 19.0 Å². The summed E-state index contributed by atoms with van der Waals surface area (Å²) in [6.45, 7) is 0. The van der Waals surface area contributed by atoms with Crippen molar-refractivity contribution in [1.82, 2.24) is 0 Å². The number of carbonyl (C=O) groups is 1. The van der Waals surface area contributed by atoms with Crippen molar-refractivity contribution in [2.24, 2.45) is 4.99 Å². The predicted molar refractivity (Wildman–Crippen MR) is 95.1 cm³/mol. The number of halogens is 3. The first-order chi connectivity index (χ1) is 11.5. The molecule has 0 aromatic heterocycles. The number of nitrogens with zero attached hydrogens (tertiary/aromatic N) is 1. The molecule has 0 saturated carbocycles. The van der Waals surface area contributed by atoms with Gasteiger partial charge in [-0.15, -0.1) is 0 Å². The van der Waals surface area contributed by atoms with Crippen LogP contribution in [0.15, 0.2) is 47.1 Å². The molecule has 0 unspecified atom stereocenters. The van der Waals surface area contributed by atoms with Crippen LogP contribution in [0.5, 0.6) is 5.75 Å². The first-order valence-electron chi connectivity index (χ1n) is 6.80. The number of hydrogen-bond donors (Lipinski definition) is 0. The van der Waals surface area contributed by atoms with Crippen molar-refractivity contribution < 1.29 is 14.3 Å². The van der Waals surface area contributed by atoms with Crippen LogP contribution in [-0.2, 0) is 9.53 Å². The summed E-state index contributed by atoms with van der Waals surface area (Å²) in [5.41, 5.74) is 1.18. The quantitative estimate of drug-likeness (QED) is 0.554. The Kier molecular flexibility index (Phi) is 4.81. The average molecular weight is 383 g/mol. The van der Waals surface area contributed by atoms with Gasteiger partial charge < -0.3 is 9.47 Å². The molecule has 0 amide bonds. The number of cyclic esters (lactones) is 1. The van der Waals surface area contributed by atoms with Crippen molar-refractivity contribution in [3.8, 4) is 5.75 Å². The molecule has 24 heavy (non-hydrogen) atoms. The Bertz CT molecular complexity index is 891. The molecule has 0 bridgehead atoms. The molecule has 1 aliphatic rings. The lowest BCUT2D eigenvalue weighted by Crippen LogP contribution is -2.06. The summed E-state index contributed by atoms with van der Waals surface area (Å²) >= 11 is 18.3. The van der Waals surface area contributed by atoms with Crippen molar-refractivity contribution >= 4 is 52.7 Å². The van der Waals surface area contributed by atoms with E-state index in [2.05, 4.69) is 4.99 Å². The molecule has 0 spiro atoms. The van der Waals surface area contributed by atoms with Gasteiger partial charge in [-0.1, -0.05) is 46.9 Å². The lowest BCUT2D eigenvalue weighted by atomic mass is 10.2. The summed E-state index contributed by atoms with van der Waals surface area (Å²) in [6.07, 6.45) is 1.51. The molecule has 0 saturated heterocycles. The lowest BCUT2D eigenvalue weighted by Gasteiger charge is -2.05. The predicted octanol–water partition coefficient (Wildman–Crippen LogP) is 5.00. The first kappa shape index (κ1) is 16.8. The van der Waals surface area contributed by atoms with E-state index in [9.17, 15) is 4.79 Å². The highest BCUT2D eigenvalue weighted by atomic mass is 35.5. The molecular formula is C17H10Cl3NO3. The van der Waals surface area contributed by atoms with Crippen LogP contribution in [0.4, 0.5) is 0 Å². The number of esters is 1. The molecule has 1 heterocycles. The van der Waals surface area contributed by atoms with Gasteiger partial charge in [-0.05, 0) is 35.9 Å². The molecule has 7 heteroatoms. The zero-order chi connectivity index (χ0) is 17.3. The van der Waals surface area contributed by atoms with Gasteiger partial charge in [0.25, 0.3) is 0 Å². The van der Waals surface area contributed by atoms with Crippen molar-refractivity contribution in [3.63, 3.8) is 0 Å². The lowest BCUT2D eigenvalue weighted by molar-refractivity contribution is -0.129. The van der Waals surface area contributed by atoms with Gasteiger partial charge in [-0.25, -0.2) is 9.79 Å². The largest absolute Gasteiger partial charge is 0.497 e. The second-order valence-corrected chi connectivity index (χ2v) is 6.02. The van der Waals surface area contributed by atoms with E-state index >= 15 is 0 Å². The van der Waals surface area contributed by atoms with Gasteiger partial charge in [-0.3, -0.25) is 0 Å². The Morgan fingerprint density at radius 3 is 2.62 bits per heavy atom. The third kappa shape index (κ3) is 3.26. The van der Waals surface area contributed by atoms with Crippen LogP contribution in [0.25, 0.3) is 6.08 Å². The minimum absolute atomic E-state index is 0.112. The topological polar surface area (TPSA) is 47.9 Å². The van der Waals surface area contributed by atoms with Crippen molar-refractivity contribution in [2.75, 3.05) is 7.11 Å². The third-order valence-corrected chi connectivity index (χ3v) is 4.45. The van der Waals surface area contributed by atoms with Gasteiger partial charge in [0, 0.05) is 0 Å². The third-order valence-electron chi connectivity index (χ3n) is 3.30. The van der Waals surface area contributed by atoms with E-state index in [0.29, 0.717) is 31.9 Å². The van der Waals surface area contributed by atoms with Crippen LogP contribution in [0.1, 0.15) is 11.1 Å². The van der Waals surface area contributed by atoms with E-state index in [1.165, 1.54) is 13.2 Å². The Balaban J connectivity index is 1.99. The summed E-state index contributed by atoms with van der Waals surface area (Å²) in [6, 6.07) is 10.1. The second-order valence-electron chi connectivity index (χ2n) is 4.82. The molecule has 0 fully saturated rings. The van der Waals surface area contributed by atoms with E-state index in [4.69, 9.17) is 44.3 Å². The maximum absolute atomic E-state index is 12.0.